The van der Waals surface area contributed by atoms with Gasteiger partial charge >= 0.3 is 0 Å². The summed E-state index contributed by atoms with van der Waals surface area (Å²) in [6.07, 6.45) is 5.44. The predicted octanol–water partition coefficient (Wildman–Crippen LogP) is 0.787. The molecule has 3 nitrogen and oxygen atoms in total. The molecule has 0 spiro atoms. The van der Waals surface area contributed by atoms with E-state index in [-0.39, 0.29) is 17.3 Å². The third-order valence-electron chi connectivity index (χ3n) is 2.98. The second-order valence-electron chi connectivity index (χ2n) is 5.11. The van der Waals surface area contributed by atoms with Gasteiger partial charge in [-0.05, 0) is 21.0 Å². The average Bonchev–Trinajstić information content (AvgIpc) is 2.19. The Labute approximate surface area is 85.4 Å². The Kier molecular flexibility index (Phi) is 2.21. The minimum Gasteiger partial charge on any atom is -0.393 e. The number of rotatable bonds is 2. The molecule has 1 fully saturated rings. The Morgan fingerprint density at radius 1 is 1.43 bits per heavy atom. The van der Waals surface area contributed by atoms with Crippen molar-refractivity contribution in [2.75, 3.05) is 20.6 Å². The molecule has 3 heteroatoms. The highest BCUT2D eigenvalue weighted by molar-refractivity contribution is 5.21. The summed E-state index contributed by atoms with van der Waals surface area (Å²) in [6, 6.07) is 0. The molecular formula is C11H19NO2. The van der Waals surface area contributed by atoms with Crippen LogP contribution in [0.1, 0.15) is 19.8 Å². The fourth-order valence-corrected chi connectivity index (χ4v) is 2.70. The predicted molar refractivity (Wildman–Crippen MR) is 55.2 cm³/mol. The molecule has 0 saturated carbocycles. The normalized spacial score (nSPS) is 46.2. The molecule has 2 aliphatic rings. The third kappa shape index (κ3) is 1.72. The van der Waals surface area contributed by atoms with E-state index in [9.17, 15) is 5.11 Å². The molecule has 2 aliphatic heterocycles. The van der Waals surface area contributed by atoms with Gasteiger partial charge in [0.25, 0.3) is 0 Å². The van der Waals surface area contributed by atoms with Crippen molar-refractivity contribution in [1.82, 2.24) is 4.90 Å². The molecule has 14 heavy (non-hydrogen) atoms. The largest absolute Gasteiger partial charge is 0.393 e. The van der Waals surface area contributed by atoms with Crippen LogP contribution in [-0.2, 0) is 4.74 Å². The standard InChI is InChI=1S/C11H19NO2/c1-10-4-5-11(14-10,8-12(2)3)7-9(13)6-10/h4-5,9,13H,6-8H2,1-3H3/t9-,10?,11-/m0/s1. The first kappa shape index (κ1) is 10.1. The molecule has 0 aliphatic carbocycles. The summed E-state index contributed by atoms with van der Waals surface area (Å²) in [5.41, 5.74) is -0.496. The Balaban J connectivity index is 2.17. The van der Waals surface area contributed by atoms with Crippen LogP contribution in [0.25, 0.3) is 0 Å². The van der Waals surface area contributed by atoms with Crippen molar-refractivity contribution in [2.45, 2.75) is 37.1 Å². The molecule has 2 heterocycles. The van der Waals surface area contributed by atoms with Gasteiger partial charge in [0, 0.05) is 19.4 Å². The maximum Gasteiger partial charge on any atom is 0.103 e. The minimum atomic E-state index is -0.254. The molecular weight excluding hydrogens is 178 g/mol. The maximum atomic E-state index is 9.79. The van der Waals surface area contributed by atoms with E-state index in [0.29, 0.717) is 0 Å². The average molecular weight is 197 g/mol. The van der Waals surface area contributed by atoms with E-state index >= 15 is 0 Å². The van der Waals surface area contributed by atoms with Crippen molar-refractivity contribution in [3.05, 3.63) is 12.2 Å². The number of hydrogen-bond acceptors (Lipinski definition) is 3. The molecule has 2 bridgehead atoms. The Bertz CT molecular complexity index is 260. The second kappa shape index (κ2) is 3.05. The van der Waals surface area contributed by atoms with Crippen LogP contribution in [0.15, 0.2) is 12.2 Å². The lowest BCUT2D eigenvalue weighted by Gasteiger charge is -2.42. The molecule has 80 valence electrons. The number of aliphatic hydroxyl groups is 1. The van der Waals surface area contributed by atoms with Crippen LogP contribution in [0.4, 0.5) is 0 Å². The van der Waals surface area contributed by atoms with Gasteiger partial charge < -0.3 is 14.7 Å². The van der Waals surface area contributed by atoms with E-state index in [0.717, 1.165) is 19.4 Å². The summed E-state index contributed by atoms with van der Waals surface area (Å²) >= 11 is 0. The van der Waals surface area contributed by atoms with Crippen molar-refractivity contribution in [3.63, 3.8) is 0 Å². The van der Waals surface area contributed by atoms with Crippen LogP contribution in [0.3, 0.4) is 0 Å². The molecule has 0 radical (unpaired) electrons. The van der Waals surface area contributed by atoms with Crippen molar-refractivity contribution < 1.29 is 9.84 Å². The number of fused-ring (bicyclic) bond motifs is 2. The maximum absolute atomic E-state index is 9.79. The van der Waals surface area contributed by atoms with Gasteiger partial charge in [0.15, 0.2) is 0 Å². The lowest BCUT2D eigenvalue weighted by Crippen LogP contribution is -2.50. The van der Waals surface area contributed by atoms with Crippen molar-refractivity contribution in [3.8, 4) is 0 Å². The first-order chi connectivity index (χ1) is 6.43. The fraction of sp³-hybridized carbons (Fsp3) is 0.818. The number of aliphatic hydroxyl groups excluding tert-OH is 1. The van der Waals surface area contributed by atoms with Gasteiger partial charge in [0.1, 0.15) is 5.60 Å². The smallest absolute Gasteiger partial charge is 0.103 e. The van der Waals surface area contributed by atoms with E-state index in [1.54, 1.807) is 0 Å². The SMILES string of the molecule is CN(C)C[C@]12C=CC(C)(C[C@H](O)C1)O2. The molecule has 3 atom stereocenters. The Hall–Kier alpha value is -0.380. The summed E-state index contributed by atoms with van der Waals surface area (Å²) in [7, 11) is 4.06. The zero-order valence-electron chi connectivity index (χ0n) is 9.16. The lowest BCUT2D eigenvalue weighted by atomic mass is 9.90. The van der Waals surface area contributed by atoms with Gasteiger partial charge in [-0.2, -0.15) is 0 Å². The van der Waals surface area contributed by atoms with Crippen LogP contribution in [0, 0.1) is 0 Å². The quantitative estimate of drug-likeness (QED) is 0.664. The van der Waals surface area contributed by atoms with Crippen LogP contribution < -0.4 is 0 Å². The van der Waals surface area contributed by atoms with E-state index in [1.165, 1.54) is 0 Å². The van der Waals surface area contributed by atoms with Gasteiger partial charge in [-0.1, -0.05) is 12.2 Å². The van der Waals surface area contributed by atoms with E-state index in [1.807, 2.05) is 21.0 Å². The van der Waals surface area contributed by atoms with Gasteiger partial charge in [0.2, 0.25) is 0 Å². The summed E-state index contributed by atoms with van der Waals surface area (Å²) in [5.74, 6) is 0. The molecule has 1 unspecified atom stereocenters. The summed E-state index contributed by atoms with van der Waals surface area (Å²) in [6.45, 7) is 2.89. The number of nitrogens with zero attached hydrogens (tertiary/aromatic N) is 1. The number of hydrogen-bond donors (Lipinski definition) is 1. The van der Waals surface area contributed by atoms with Gasteiger partial charge in [-0.25, -0.2) is 0 Å². The topological polar surface area (TPSA) is 32.7 Å². The molecule has 0 aromatic rings. The highest BCUT2D eigenvalue weighted by Crippen LogP contribution is 2.43. The molecule has 0 aromatic heterocycles. The number of ether oxygens (including phenoxy) is 1. The van der Waals surface area contributed by atoms with Gasteiger partial charge in [0.05, 0.1) is 11.7 Å². The molecule has 0 aromatic carbocycles. The molecule has 1 N–H and O–H groups in total. The summed E-state index contributed by atoms with van der Waals surface area (Å²) < 4.78 is 6.04. The molecule has 1 saturated heterocycles. The summed E-state index contributed by atoms with van der Waals surface area (Å²) in [4.78, 5) is 2.11. The van der Waals surface area contributed by atoms with Crippen LogP contribution in [0.2, 0.25) is 0 Å². The third-order valence-corrected chi connectivity index (χ3v) is 2.98. The Morgan fingerprint density at radius 3 is 2.79 bits per heavy atom. The second-order valence-corrected chi connectivity index (χ2v) is 5.11. The molecule has 2 rings (SSSR count). The monoisotopic (exact) mass is 197 g/mol. The lowest BCUT2D eigenvalue weighted by molar-refractivity contribution is -0.156. The zero-order chi connectivity index (χ0) is 10.4. The first-order valence-corrected chi connectivity index (χ1v) is 5.16. The van der Waals surface area contributed by atoms with Crippen molar-refractivity contribution in [1.29, 1.82) is 0 Å². The zero-order valence-corrected chi connectivity index (χ0v) is 9.16. The molecule has 0 amide bonds. The van der Waals surface area contributed by atoms with Crippen LogP contribution in [-0.4, -0.2) is 48.0 Å². The van der Waals surface area contributed by atoms with E-state index < -0.39 is 0 Å². The highest BCUT2D eigenvalue weighted by Gasteiger charge is 2.48. The van der Waals surface area contributed by atoms with Gasteiger partial charge in [-0.15, -0.1) is 0 Å². The van der Waals surface area contributed by atoms with Crippen molar-refractivity contribution >= 4 is 0 Å². The summed E-state index contributed by atoms with van der Waals surface area (Å²) in [5, 5.41) is 9.79. The first-order valence-electron chi connectivity index (χ1n) is 5.16. The van der Waals surface area contributed by atoms with Crippen molar-refractivity contribution in [2.24, 2.45) is 0 Å². The fourth-order valence-electron chi connectivity index (χ4n) is 2.70. The van der Waals surface area contributed by atoms with E-state index in [4.69, 9.17) is 4.74 Å². The van der Waals surface area contributed by atoms with Crippen LogP contribution in [0.5, 0.6) is 0 Å². The van der Waals surface area contributed by atoms with E-state index in [2.05, 4.69) is 17.1 Å². The highest BCUT2D eigenvalue weighted by atomic mass is 16.5. The van der Waals surface area contributed by atoms with Crippen LogP contribution >= 0.6 is 0 Å². The van der Waals surface area contributed by atoms with Gasteiger partial charge in [-0.3, -0.25) is 0 Å². The minimum absolute atomic E-state index is 0.233. The Morgan fingerprint density at radius 2 is 2.14 bits per heavy atom. The number of likely N-dealkylation sites (N-methyl/N-ethyl adjacent to an activating group) is 1.